The van der Waals surface area contributed by atoms with Crippen molar-refractivity contribution in [3.8, 4) is 0 Å². The van der Waals surface area contributed by atoms with Crippen molar-refractivity contribution in [1.82, 2.24) is 10.2 Å². The Bertz CT molecular complexity index is 511. The molecular formula is C14H15ClN2O2. The van der Waals surface area contributed by atoms with Crippen LogP contribution in [0.15, 0.2) is 24.3 Å². The molecule has 1 saturated heterocycles. The smallest absolute Gasteiger partial charge is 0.246 e. The first kappa shape index (κ1) is 12.5. The maximum atomic E-state index is 12.3. The molecule has 1 unspecified atom stereocenters. The van der Waals surface area contributed by atoms with Crippen molar-refractivity contribution in [3.63, 3.8) is 0 Å². The first-order valence-corrected chi connectivity index (χ1v) is 6.84. The molecule has 19 heavy (non-hydrogen) atoms. The van der Waals surface area contributed by atoms with E-state index >= 15 is 0 Å². The van der Waals surface area contributed by atoms with E-state index < -0.39 is 0 Å². The summed E-state index contributed by atoms with van der Waals surface area (Å²) in [5.41, 5.74) is 0.988. The van der Waals surface area contributed by atoms with Crippen LogP contribution in [0.1, 0.15) is 18.4 Å². The van der Waals surface area contributed by atoms with Crippen molar-refractivity contribution in [2.45, 2.75) is 25.4 Å². The van der Waals surface area contributed by atoms with Gasteiger partial charge in [-0.3, -0.25) is 9.59 Å². The molecule has 1 aliphatic carbocycles. The lowest BCUT2D eigenvalue weighted by atomic mass is 10.1. The zero-order valence-corrected chi connectivity index (χ0v) is 11.2. The summed E-state index contributed by atoms with van der Waals surface area (Å²) in [7, 11) is 0. The number of piperazine rings is 1. The number of carbonyl (C=O) groups is 2. The van der Waals surface area contributed by atoms with E-state index in [2.05, 4.69) is 5.32 Å². The van der Waals surface area contributed by atoms with Crippen molar-refractivity contribution in [3.05, 3.63) is 34.9 Å². The molecule has 2 aliphatic rings. The third-order valence-electron chi connectivity index (χ3n) is 3.61. The van der Waals surface area contributed by atoms with Gasteiger partial charge in [0, 0.05) is 11.6 Å². The molecule has 1 atom stereocenters. The third kappa shape index (κ3) is 2.73. The van der Waals surface area contributed by atoms with Gasteiger partial charge in [-0.05, 0) is 36.5 Å². The number of halogens is 1. The van der Waals surface area contributed by atoms with Crippen molar-refractivity contribution < 1.29 is 9.59 Å². The molecular weight excluding hydrogens is 264 g/mol. The maximum absolute atomic E-state index is 12.3. The minimum atomic E-state index is -0.312. The van der Waals surface area contributed by atoms with E-state index in [1.165, 1.54) is 0 Å². The quantitative estimate of drug-likeness (QED) is 0.913. The van der Waals surface area contributed by atoms with Gasteiger partial charge in [-0.15, -0.1) is 0 Å². The summed E-state index contributed by atoms with van der Waals surface area (Å²) < 4.78 is 0. The fraction of sp³-hybridized carbons (Fsp3) is 0.429. The molecule has 2 fully saturated rings. The predicted molar refractivity (Wildman–Crippen MR) is 71.5 cm³/mol. The van der Waals surface area contributed by atoms with Crippen LogP contribution in [0.3, 0.4) is 0 Å². The zero-order chi connectivity index (χ0) is 13.4. The molecule has 0 radical (unpaired) electrons. The van der Waals surface area contributed by atoms with Crippen LogP contribution in [0, 0.1) is 5.92 Å². The van der Waals surface area contributed by atoms with Crippen LogP contribution >= 0.6 is 11.6 Å². The molecule has 1 aromatic rings. The highest BCUT2D eigenvalue weighted by Gasteiger charge is 2.42. The normalized spacial score (nSPS) is 23.4. The van der Waals surface area contributed by atoms with Crippen LogP contribution in [0.25, 0.3) is 0 Å². The molecule has 1 heterocycles. The summed E-state index contributed by atoms with van der Waals surface area (Å²) in [5.74, 6) is 0.312. The van der Waals surface area contributed by atoms with Crippen LogP contribution < -0.4 is 5.32 Å². The number of hydrogen-bond acceptors (Lipinski definition) is 2. The Labute approximate surface area is 116 Å². The van der Waals surface area contributed by atoms with Gasteiger partial charge < -0.3 is 10.2 Å². The fourth-order valence-corrected chi connectivity index (χ4v) is 2.55. The van der Waals surface area contributed by atoms with Crippen LogP contribution in [-0.4, -0.2) is 29.3 Å². The molecule has 100 valence electrons. The van der Waals surface area contributed by atoms with Crippen LogP contribution in [0.4, 0.5) is 0 Å². The SMILES string of the molecule is O=C1CN(Cc2ccc(Cl)cc2)C(=O)C(C2CC2)N1. The highest BCUT2D eigenvalue weighted by Crippen LogP contribution is 2.34. The number of nitrogens with zero attached hydrogens (tertiary/aromatic N) is 1. The third-order valence-corrected chi connectivity index (χ3v) is 3.86. The molecule has 0 aromatic heterocycles. The monoisotopic (exact) mass is 278 g/mol. The molecule has 0 spiro atoms. The van der Waals surface area contributed by atoms with E-state index in [-0.39, 0.29) is 24.4 Å². The number of nitrogens with one attached hydrogen (secondary N) is 1. The number of hydrogen-bond donors (Lipinski definition) is 1. The maximum Gasteiger partial charge on any atom is 0.246 e. The van der Waals surface area contributed by atoms with E-state index in [0.717, 1.165) is 18.4 Å². The van der Waals surface area contributed by atoms with Crippen LogP contribution in [0.2, 0.25) is 5.02 Å². The summed E-state index contributed by atoms with van der Waals surface area (Å²) in [6, 6.07) is 7.05. The lowest BCUT2D eigenvalue weighted by Gasteiger charge is -2.32. The average Bonchev–Trinajstić information content (AvgIpc) is 3.20. The second-order valence-electron chi connectivity index (χ2n) is 5.20. The first-order chi connectivity index (χ1) is 9.13. The molecule has 1 saturated carbocycles. The lowest BCUT2D eigenvalue weighted by molar-refractivity contribution is -0.145. The van der Waals surface area contributed by atoms with Crippen molar-refractivity contribution in [1.29, 1.82) is 0 Å². The zero-order valence-electron chi connectivity index (χ0n) is 10.4. The van der Waals surface area contributed by atoms with E-state index in [4.69, 9.17) is 11.6 Å². The van der Waals surface area contributed by atoms with Gasteiger partial charge >= 0.3 is 0 Å². The molecule has 1 aromatic carbocycles. The summed E-state index contributed by atoms with van der Waals surface area (Å²) >= 11 is 5.83. The summed E-state index contributed by atoms with van der Waals surface area (Å²) in [4.78, 5) is 25.6. The Morgan fingerprint density at radius 2 is 1.89 bits per heavy atom. The van der Waals surface area contributed by atoms with Crippen molar-refractivity contribution >= 4 is 23.4 Å². The van der Waals surface area contributed by atoms with Crippen molar-refractivity contribution in [2.75, 3.05) is 6.54 Å². The number of rotatable bonds is 3. The van der Waals surface area contributed by atoms with Gasteiger partial charge in [-0.25, -0.2) is 0 Å². The van der Waals surface area contributed by atoms with Gasteiger partial charge in [0.2, 0.25) is 11.8 Å². The number of carbonyl (C=O) groups excluding carboxylic acids is 2. The van der Waals surface area contributed by atoms with Crippen LogP contribution in [0.5, 0.6) is 0 Å². The number of amides is 2. The van der Waals surface area contributed by atoms with Crippen LogP contribution in [-0.2, 0) is 16.1 Å². The minimum absolute atomic E-state index is 0.0389. The molecule has 5 heteroatoms. The Morgan fingerprint density at radius 1 is 1.21 bits per heavy atom. The molecule has 0 bridgehead atoms. The predicted octanol–water partition coefficient (Wildman–Crippen LogP) is 1.58. The highest BCUT2D eigenvalue weighted by molar-refractivity contribution is 6.30. The van der Waals surface area contributed by atoms with E-state index in [1.807, 2.05) is 12.1 Å². The summed E-state index contributed by atoms with van der Waals surface area (Å²) in [6.07, 6.45) is 2.07. The second-order valence-corrected chi connectivity index (χ2v) is 5.64. The topological polar surface area (TPSA) is 49.4 Å². The fourth-order valence-electron chi connectivity index (χ4n) is 2.42. The molecule has 2 amide bonds. The Kier molecular flexibility index (Phi) is 3.19. The van der Waals surface area contributed by atoms with Crippen molar-refractivity contribution in [2.24, 2.45) is 5.92 Å². The second kappa shape index (κ2) is 4.85. The van der Waals surface area contributed by atoms with Gasteiger partial charge in [-0.1, -0.05) is 23.7 Å². The Balaban J connectivity index is 1.73. The largest absolute Gasteiger partial charge is 0.342 e. The van der Waals surface area contributed by atoms with Gasteiger partial charge in [0.05, 0.1) is 6.54 Å². The van der Waals surface area contributed by atoms with Gasteiger partial charge in [0.1, 0.15) is 6.04 Å². The Morgan fingerprint density at radius 3 is 2.53 bits per heavy atom. The van der Waals surface area contributed by atoms with Gasteiger partial charge in [0.25, 0.3) is 0 Å². The average molecular weight is 279 g/mol. The molecule has 4 nitrogen and oxygen atoms in total. The minimum Gasteiger partial charge on any atom is -0.342 e. The van der Waals surface area contributed by atoms with E-state index in [1.54, 1.807) is 17.0 Å². The standard InChI is InChI=1S/C14H15ClN2O2/c15-11-5-1-9(2-6-11)7-17-8-12(18)16-13(14(17)19)10-3-4-10/h1-2,5-6,10,13H,3-4,7-8H2,(H,16,18). The van der Waals surface area contributed by atoms with E-state index in [0.29, 0.717) is 17.5 Å². The summed E-state index contributed by atoms with van der Waals surface area (Å²) in [5, 5.41) is 3.47. The van der Waals surface area contributed by atoms with E-state index in [9.17, 15) is 9.59 Å². The first-order valence-electron chi connectivity index (χ1n) is 6.46. The molecule has 1 N–H and O–H groups in total. The molecule has 1 aliphatic heterocycles. The Hall–Kier alpha value is -1.55. The molecule has 3 rings (SSSR count). The summed E-state index contributed by atoms with van der Waals surface area (Å²) in [6.45, 7) is 0.608. The number of benzene rings is 1. The highest BCUT2D eigenvalue weighted by atomic mass is 35.5. The van der Waals surface area contributed by atoms with Gasteiger partial charge in [0.15, 0.2) is 0 Å². The van der Waals surface area contributed by atoms with Gasteiger partial charge in [-0.2, -0.15) is 0 Å². The lowest BCUT2D eigenvalue weighted by Crippen LogP contribution is -2.58.